The van der Waals surface area contributed by atoms with Crippen LogP contribution in [0.1, 0.15) is 19.3 Å². The maximum absolute atomic E-state index is 11.5. The van der Waals surface area contributed by atoms with Crippen molar-refractivity contribution in [2.24, 2.45) is 5.92 Å². The number of rotatable bonds is 2. The Labute approximate surface area is 89.8 Å². The van der Waals surface area contributed by atoms with E-state index in [9.17, 15) is 4.79 Å². The molecule has 0 unspecified atom stereocenters. The lowest BCUT2D eigenvalue weighted by Crippen LogP contribution is -2.46. The predicted molar refractivity (Wildman–Crippen MR) is 60.0 cm³/mol. The average molecular weight is 215 g/mol. The second-order valence-electron chi connectivity index (χ2n) is 3.48. The number of nitrogens with one attached hydrogen (secondary N) is 3. The first-order chi connectivity index (χ1) is 6.69. The van der Waals surface area contributed by atoms with Crippen LogP contribution in [0.15, 0.2) is 0 Å². The third-order valence-electron chi connectivity index (χ3n) is 2.64. The maximum Gasteiger partial charge on any atom is 0.224 e. The first-order valence-corrected chi connectivity index (χ1v) is 5.29. The summed E-state index contributed by atoms with van der Waals surface area (Å²) in [4.78, 5) is 11.5. The van der Waals surface area contributed by atoms with Crippen molar-refractivity contribution >= 4 is 23.2 Å². The number of amides is 1. The summed E-state index contributed by atoms with van der Waals surface area (Å²) in [6, 6.07) is 0.190. The molecule has 0 spiro atoms. The quantitative estimate of drug-likeness (QED) is 0.567. The van der Waals surface area contributed by atoms with Gasteiger partial charge in [-0.1, -0.05) is 6.42 Å². The van der Waals surface area contributed by atoms with Crippen LogP contribution in [-0.2, 0) is 4.79 Å². The van der Waals surface area contributed by atoms with Gasteiger partial charge in [-0.15, -0.1) is 0 Å². The fourth-order valence-corrected chi connectivity index (χ4v) is 2.02. The zero-order valence-electron chi connectivity index (χ0n) is 8.59. The van der Waals surface area contributed by atoms with E-state index in [0.29, 0.717) is 5.11 Å². The Balaban J connectivity index is 2.51. The van der Waals surface area contributed by atoms with E-state index in [4.69, 9.17) is 12.2 Å². The molecule has 0 aromatic rings. The minimum absolute atomic E-state index is 0.0614. The van der Waals surface area contributed by atoms with Gasteiger partial charge in [0.15, 0.2) is 5.11 Å². The second-order valence-corrected chi connectivity index (χ2v) is 3.89. The summed E-state index contributed by atoms with van der Waals surface area (Å²) in [5.41, 5.74) is 0. The fraction of sp³-hybridized carbons (Fsp3) is 0.778. The van der Waals surface area contributed by atoms with Gasteiger partial charge in [0.2, 0.25) is 5.91 Å². The van der Waals surface area contributed by atoms with E-state index in [1.165, 1.54) is 0 Å². The summed E-state index contributed by atoms with van der Waals surface area (Å²) in [5.74, 6) is 0.171. The van der Waals surface area contributed by atoms with Gasteiger partial charge in [0.05, 0.1) is 5.92 Å². The third-order valence-corrected chi connectivity index (χ3v) is 2.96. The number of carbonyl (C=O) groups is 1. The first-order valence-electron chi connectivity index (χ1n) is 4.89. The molecule has 0 saturated heterocycles. The van der Waals surface area contributed by atoms with Crippen LogP contribution in [0.5, 0.6) is 0 Å². The SMILES string of the molecule is CNC(=O)[C@H]1CCC[C@@H]1NC(=S)NC. The highest BCUT2D eigenvalue weighted by molar-refractivity contribution is 7.80. The number of hydrogen-bond donors (Lipinski definition) is 3. The molecular formula is C9H17N3OS. The smallest absolute Gasteiger partial charge is 0.224 e. The summed E-state index contributed by atoms with van der Waals surface area (Å²) in [5, 5.41) is 9.31. The van der Waals surface area contributed by atoms with Gasteiger partial charge in [0, 0.05) is 20.1 Å². The molecule has 0 aliphatic heterocycles. The third kappa shape index (κ3) is 2.57. The van der Waals surface area contributed by atoms with Gasteiger partial charge >= 0.3 is 0 Å². The summed E-state index contributed by atoms with van der Waals surface area (Å²) in [7, 11) is 3.45. The average Bonchev–Trinajstić information content (AvgIpc) is 2.64. The molecule has 1 rings (SSSR count). The molecule has 80 valence electrons. The van der Waals surface area contributed by atoms with Crippen molar-refractivity contribution in [1.29, 1.82) is 0 Å². The molecule has 2 atom stereocenters. The minimum Gasteiger partial charge on any atom is -0.366 e. The molecule has 0 aromatic heterocycles. The molecule has 0 heterocycles. The van der Waals surface area contributed by atoms with Gasteiger partial charge in [0.25, 0.3) is 0 Å². The lowest BCUT2D eigenvalue weighted by molar-refractivity contribution is -0.124. The lowest BCUT2D eigenvalue weighted by Gasteiger charge is -2.20. The van der Waals surface area contributed by atoms with Crippen LogP contribution < -0.4 is 16.0 Å². The van der Waals surface area contributed by atoms with Crippen LogP contribution in [0.3, 0.4) is 0 Å². The molecule has 5 heteroatoms. The van der Waals surface area contributed by atoms with E-state index < -0.39 is 0 Å². The molecule has 1 amide bonds. The highest BCUT2D eigenvalue weighted by Gasteiger charge is 2.32. The van der Waals surface area contributed by atoms with Crippen molar-refractivity contribution in [2.45, 2.75) is 25.3 Å². The van der Waals surface area contributed by atoms with Gasteiger partial charge < -0.3 is 16.0 Å². The molecule has 1 saturated carbocycles. The number of carbonyl (C=O) groups excluding carboxylic acids is 1. The largest absolute Gasteiger partial charge is 0.366 e. The molecule has 3 N–H and O–H groups in total. The van der Waals surface area contributed by atoms with E-state index in [-0.39, 0.29) is 17.9 Å². The van der Waals surface area contributed by atoms with Gasteiger partial charge in [-0.05, 0) is 25.1 Å². The molecule has 0 aromatic carbocycles. The van der Waals surface area contributed by atoms with Crippen LogP contribution in [-0.4, -0.2) is 31.2 Å². The first kappa shape index (κ1) is 11.2. The van der Waals surface area contributed by atoms with E-state index in [2.05, 4.69) is 16.0 Å². The van der Waals surface area contributed by atoms with Crippen LogP contribution in [0.4, 0.5) is 0 Å². The molecule has 1 aliphatic rings. The van der Waals surface area contributed by atoms with Crippen molar-refractivity contribution in [2.75, 3.05) is 14.1 Å². The summed E-state index contributed by atoms with van der Waals surface area (Å²) in [6.07, 6.45) is 3.05. The van der Waals surface area contributed by atoms with Crippen molar-refractivity contribution in [3.05, 3.63) is 0 Å². The molecule has 4 nitrogen and oxygen atoms in total. The van der Waals surface area contributed by atoms with Crippen LogP contribution in [0.2, 0.25) is 0 Å². The van der Waals surface area contributed by atoms with Gasteiger partial charge in [-0.3, -0.25) is 4.79 Å². The predicted octanol–water partition coefficient (Wildman–Crippen LogP) is -0.00500. The zero-order chi connectivity index (χ0) is 10.6. The van der Waals surface area contributed by atoms with E-state index in [1.807, 2.05) is 0 Å². The number of thiocarbonyl (C=S) groups is 1. The summed E-state index contributed by atoms with van der Waals surface area (Å²) >= 11 is 5.01. The standard InChI is InChI=1S/C9H17N3OS/c1-10-8(13)6-4-3-5-7(6)12-9(14)11-2/h6-7H,3-5H2,1-2H3,(H,10,13)(H2,11,12,14)/t6-,7-/m0/s1. The summed E-state index contributed by atoms with van der Waals surface area (Å²) < 4.78 is 0. The van der Waals surface area contributed by atoms with E-state index in [0.717, 1.165) is 19.3 Å². The molecule has 1 aliphatic carbocycles. The fourth-order valence-electron chi connectivity index (χ4n) is 1.87. The number of hydrogen-bond acceptors (Lipinski definition) is 2. The Morgan fingerprint density at radius 2 is 2.00 bits per heavy atom. The monoisotopic (exact) mass is 215 g/mol. The minimum atomic E-state index is 0.0614. The Bertz CT molecular complexity index is 232. The molecular weight excluding hydrogens is 198 g/mol. The van der Waals surface area contributed by atoms with Crippen molar-refractivity contribution < 1.29 is 4.79 Å². The van der Waals surface area contributed by atoms with Gasteiger partial charge in [-0.25, -0.2) is 0 Å². The van der Waals surface area contributed by atoms with Crippen molar-refractivity contribution in [3.8, 4) is 0 Å². The molecule has 1 fully saturated rings. The Hall–Kier alpha value is -0.840. The topological polar surface area (TPSA) is 53.2 Å². The van der Waals surface area contributed by atoms with Crippen LogP contribution >= 0.6 is 12.2 Å². The van der Waals surface area contributed by atoms with Gasteiger partial charge in [0.1, 0.15) is 0 Å². The normalized spacial score (nSPS) is 25.6. The lowest BCUT2D eigenvalue weighted by atomic mass is 10.0. The second kappa shape index (κ2) is 5.14. The molecule has 0 radical (unpaired) electrons. The van der Waals surface area contributed by atoms with Crippen LogP contribution in [0, 0.1) is 5.92 Å². The van der Waals surface area contributed by atoms with E-state index >= 15 is 0 Å². The van der Waals surface area contributed by atoms with Crippen molar-refractivity contribution in [1.82, 2.24) is 16.0 Å². The van der Waals surface area contributed by atoms with Gasteiger partial charge in [-0.2, -0.15) is 0 Å². The van der Waals surface area contributed by atoms with Crippen LogP contribution in [0.25, 0.3) is 0 Å². The molecule has 14 heavy (non-hydrogen) atoms. The summed E-state index contributed by atoms with van der Waals surface area (Å²) in [6.45, 7) is 0. The highest BCUT2D eigenvalue weighted by Crippen LogP contribution is 2.25. The van der Waals surface area contributed by atoms with E-state index in [1.54, 1.807) is 14.1 Å². The Morgan fingerprint density at radius 3 is 2.57 bits per heavy atom. The Kier molecular flexibility index (Phi) is 4.13. The highest BCUT2D eigenvalue weighted by atomic mass is 32.1. The molecule has 0 bridgehead atoms. The Morgan fingerprint density at radius 1 is 1.29 bits per heavy atom. The zero-order valence-corrected chi connectivity index (χ0v) is 9.41. The maximum atomic E-state index is 11.5. The van der Waals surface area contributed by atoms with Crippen molar-refractivity contribution in [3.63, 3.8) is 0 Å².